The molecule has 1 aliphatic heterocycles. The number of nitrogen functional groups attached to an aromatic ring is 2. The molecule has 1 saturated heterocycles. The predicted octanol–water partition coefficient (Wildman–Crippen LogP) is 1.37. The molecule has 0 aromatic heterocycles. The van der Waals surface area contributed by atoms with Gasteiger partial charge in [0.1, 0.15) is 5.02 Å². The highest BCUT2D eigenvalue weighted by Crippen LogP contribution is 2.36. The lowest BCUT2D eigenvalue weighted by molar-refractivity contribution is 0.0762. The molecule has 1 atom stereocenters. The van der Waals surface area contributed by atoms with Gasteiger partial charge in [0, 0.05) is 6.54 Å². The van der Waals surface area contributed by atoms with E-state index in [4.69, 9.17) is 33.1 Å². The molecule has 0 saturated carbocycles. The Bertz CT molecular complexity index is 517. The molecule has 1 aromatic rings. The first-order chi connectivity index (χ1) is 8.54. The van der Waals surface area contributed by atoms with Crippen LogP contribution in [-0.2, 0) is 4.74 Å². The minimum absolute atomic E-state index is 0.0977. The summed E-state index contributed by atoms with van der Waals surface area (Å²) in [6.07, 6.45) is -0.603. The van der Waals surface area contributed by atoms with Crippen molar-refractivity contribution in [2.45, 2.75) is 6.10 Å². The van der Waals surface area contributed by atoms with Gasteiger partial charge in [-0.3, -0.25) is 0 Å². The smallest absolute Gasteiger partial charge is 0.169 e. The van der Waals surface area contributed by atoms with Crippen molar-refractivity contribution in [3.63, 3.8) is 0 Å². The molecular formula is C11H12ClFN4O. The van der Waals surface area contributed by atoms with Gasteiger partial charge in [-0.2, -0.15) is 5.26 Å². The number of benzene rings is 1. The lowest BCUT2D eigenvalue weighted by atomic mass is 10.2. The quantitative estimate of drug-likeness (QED) is 0.753. The van der Waals surface area contributed by atoms with E-state index in [0.717, 1.165) is 0 Å². The van der Waals surface area contributed by atoms with Gasteiger partial charge in [0.25, 0.3) is 0 Å². The zero-order valence-electron chi connectivity index (χ0n) is 9.49. The molecule has 18 heavy (non-hydrogen) atoms. The predicted molar refractivity (Wildman–Crippen MR) is 67.8 cm³/mol. The van der Waals surface area contributed by atoms with Crippen LogP contribution in [0, 0.1) is 17.1 Å². The van der Waals surface area contributed by atoms with Crippen LogP contribution in [0.5, 0.6) is 0 Å². The van der Waals surface area contributed by atoms with Crippen molar-refractivity contribution in [2.24, 2.45) is 0 Å². The molecule has 0 bridgehead atoms. The highest BCUT2D eigenvalue weighted by Gasteiger charge is 2.25. The number of nitrogens with zero attached hydrogens (tertiary/aromatic N) is 2. The molecule has 0 radical (unpaired) electrons. The Balaban J connectivity index is 2.39. The van der Waals surface area contributed by atoms with Crippen LogP contribution >= 0.6 is 11.6 Å². The van der Waals surface area contributed by atoms with Crippen LogP contribution in [0.25, 0.3) is 0 Å². The van der Waals surface area contributed by atoms with Gasteiger partial charge in [-0.25, -0.2) is 4.39 Å². The van der Waals surface area contributed by atoms with E-state index in [1.54, 1.807) is 4.90 Å². The maximum absolute atomic E-state index is 14.1. The number of nitriles is 1. The number of halogens is 2. The van der Waals surface area contributed by atoms with E-state index >= 15 is 0 Å². The van der Waals surface area contributed by atoms with Gasteiger partial charge in [-0.1, -0.05) is 11.6 Å². The average molecular weight is 271 g/mol. The van der Waals surface area contributed by atoms with E-state index in [1.807, 2.05) is 6.07 Å². The van der Waals surface area contributed by atoms with E-state index < -0.39 is 11.9 Å². The van der Waals surface area contributed by atoms with Gasteiger partial charge in [-0.15, -0.1) is 0 Å². The summed E-state index contributed by atoms with van der Waals surface area (Å²) in [5, 5.41) is 8.67. The Hall–Kier alpha value is -1.71. The summed E-state index contributed by atoms with van der Waals surface area (Å²) in [6.45, 7) is 1.02. The van der Waals surface area contributed by atoms with Crippen molar-refractivity contribution in [1.82, 2.24) is 0 Å². The van der Waals surface area contributed by atoms with Crippen LogP contribution in [0.1, 0.15) is 0 Å². The first-order valence-electron chi connectivity index (χ1n) is 5.33. The third-order valence-electron chi connectivity index (χ3n) is 2.77. The fourth-order valence-electron chi connectivity index (χ4n) is 1.91. The summed E-state index contributed by atoms with van der Waals surface area (Å²) < 4.78 is 19.3. The monoisotopic (exact) mass is 270 g/mol. The lowest BCUT2D eigenvalue weighted by Crippen LogP contribution is -2.42. The SMILES string of the molecule is N#CC1CN(c2c(N)cc(N)c(Cl)c2F)CCO1. The summed E-state index contributed by atoms with van der Waals surface area (Å²) >= 11 is 5.77. The van der Waals surface area contributed by atoms with Gasteiger partial charge in [0.15, 0.2) is 11.9 Å². The second kappa shape index (κ2) is 4.88. The fourth-order valence-corrected chi connectivity index (χ4v) is 2.05. The van der Waals surface area contributed by atoms with Crippen LogP contribution in [-0.4, -0.2) is 25.8 Å². The average Bonchev–Trinajstić information content (AvgIpc) is 2.36. The second-order valence-corrected chi connectivity index (χ2v) is 4.34. The molecule has 7 heteroatoms. The van der Waals surface area contributed by atoms with Crippen molar-refractivity contribution in [2.75, 3.05) is 36.1 Å². The Labute approximate surface area is 109 Å². The van der Waals surface area contributed by atoms with Crippen LogP contribution in [0.15, 0.2) is 6.07 Å². The number of hydrogen-bond acceptors (Lipinski definition) is 5. The summed E-state index contributed by atoms with van der Waals surface area (Å²) in [6, 6.07) is 3.40. The molecule has 1 aromatic carbocycles. The van der Waals surface area contributed by atoms with Crippen molar-refractivity contribution < 1.29 is 9.13 Å². The van der Waals surface area contributed by atoms with Crippen molar-refractivity contribution in [1.29, 1.82) is 5.26 Å². The molecule has 0 spiro atoms. The van der Waals surface area contributed by atoms with E-state index in [-0.39, 0.29) is 28.6 Å². The Morgan fingerprint density at radius 2 is 2.22 bits per heavy atom. The Morgan fingerprint density at radius 1 is 1.50 bits per heavy atom. The van der Waals surface area contributed by atoms with Crippen molar-refractivity contribution >= 4 is 28.7 Å². The third kappa shape index (κ3) is 2.15. The molecule has 1 fully saturated rings. The summed E-state index contributed by atoms with van der Waals surface area (Å²) in [5.41, 5.74) is 11.8. The van der Waals surface area contributed by atoms with Gasteiger partial charge in [-0.05, 0) is 6.07 Å². The van der Waals surface area contributed by atoms with Crippen LogP contribution in [0.4, 0.5) is 21.5 Å². The highest BCUT2D eigenvalue weighted by atomic mass is 35.5. The molecule has 1 heterocycles. The third-order valence-corrected chi connectivity index (χ3v) is 3.15. The zero-order valence-corrected chi connectivity index (χ0v) is 10.2. The molecule has 5 nitrogen and oxygen atoms in total. The van der Waals surface area contributed by atoms with Gasteiger partial charge >= 0.3 is 0 Å². The molecule has 1 aliphatic rings. The van der Waals surface area contributed by atoms with Gasteiger partial charge < -0.3 is 21.1 Å². The maximum atomic E-state index is 14.1. The van der Waals surface area contributed by atoms with E-state index in [9.17, 15) is 4.39 Å². The van der Waals surface area contributed by atoms with Crippen molar-refractivity contribution in [3.8, 4) is 6.07 Å². The van der Waals surface area contributed by atoms with Crippen LogP contribution < -0.4 is 16.4 Å². The molecule has 2 rings (SSSR count). The minimum Gasteiger partial charge on any atom is -0.397 e. The normalized spacial score (nSPS) is 19.6. The second-order valence-electron chi connectivity index (χ2n) is 3.97. The number of nitrogens with two attached hydrogens (primary N) is 2. The topological polar surface area (TPSA) is 88.3 Å². The van der Waals surface area contributed by atoms with Crippen LogP contribution in [0.2, 0.25) is 5.02 Å². The molecule has 96 valence electrons. The summed E-state index contributed by atoms with van der Waals surface area (Å²) in [5.74, 6) is -0.659. The van der Waals surface area contributed by atoms with Gasteiger partial charge in [0.2, 0.25) is 0 Å². The molecule has 1 unspecified atom stereocenters. The number of ether oxygens (including phenoxy) is 1. The molecule has 0 amide bonds. The van der Waals surface area contributed by atoms with Crippen molar-refractivity contribution in [3.05, 3.63) is 16.9 Å². The van der Waals surface area contributed by atoms with E-state index in [2.05, 4.69) is 0 Å². The number of morpholine rings is 1. The molecular weight excluding hydrogens is 259 g/mol. The lowest BCUT2D eigenvalue weighted by Gasteiger charge is -2.32. The molecule has 4 N–H and O–H groups in total. The fraction of sp³-hybridized carbons (Fsp3) is 0.364. The highest BCUT2D eigenvalue weighted by molar-refractivity contribution is 6.33. The minimum atomic E-state index is -0.659. The zero-order chi connectivity index (χ0) is 13.3. The first kappa shape index (κ1) is 12.7. The van der Waals surface area contributed by atoms with Crippen LogP contribution in [0.3, 0.4) is 0 Å². The number of rotatable bonds is 1. The maximum Gasteiger partial charge on any atom is 0.169 e. The van der Waals surface area contributed by atoms with Gasteiger partial charge in [0.05, 0.1) is 36.3 Å². The van der Waals surface area contributed by atoms with E-state index in [1.165, 1.54) is 6.07 Å². The number of anilines is 3. The Morgan fingerprint density at radius 3 is 2.89 bits per heavy atom. The standard InChI is InChI=1S/C11H12ClFN4O/c12-9-7(15)3-8(16)11(10(9)13)17-1-2-18-6(4-14)5-17/h3,6H,1-2,5,15-16H2. The largest absolute Gasteiger partial charge is 0.397 e. The summed E-state index contributed by atoms with van der Waals surface area (Å²) in [7, 11) is 0. The van der Waals surface area contributed by atoms with E-state index in [0.29, 0.717) is 13.2 Å². The Kier molecular flexibility index (Phi) is 3.45. The first-order valence-corrected chi connectivity index (χ1v) is 5.71. The summed E-state index contributed by atoms with van der Waals surface area (Å²) in [4.78, 5) is 1.65. The molecule has 0 aliphatic carbocycles. The number of hydrogen-bond donors (Lipinski definition) is 2.